The second kappa shape index (κ2) is 8.51. The zero-order valence-electron chi connectivity index (χ0n) is 15.4. The molecule has 1 unspecified atom stereocenters. The van der Waals surface area contributed by atoms with Crippen molar-refractivity contribution in [3.63, 3.8) is 0 Å². The number of anilines is 1. The first-order valence-electron chi connectivity index (χ1n) is 7.98. The van der Waals surface area contributed by atoms with Crippen molar-refractivity contribution < 1.29 is 35.9 Å². The van der Waals surface area contributed by atoms with Gasteiger partial charge in [-0.3, -0.25) is 5.32 Å². The van der Waals surface area contributed by atoms with Crippen molar-refractivity contribution in [1.82, 2.24) is 14.7 Å². The molecule has 0 aliphatic rings. The van der Waals surface area contributed by atoms with Gasteiger partial charge in [0.25, 0.3) is 10.0 Å². The Bertz CT molecular complexity index is 998. The number of halogens is 3. The van der Waals surface area contributed by atoms with Crippen molar-refractivity contribution in [2.24, 2.45) is 0 Å². The smallest absolute Gasteiger partial charge is 0.425 e. The van der Waals surface area contributed by atoms with Crippen molar-refractivity contribution in [2.45, 2.75) is 31.0 Å². The number of nitrogens with zero attached hydrogens (tertiary/aromatic N) is 2. The van der Waals surface area contributed by atoms with Crippen LogP contribution in [0.3, 0.4) is 0 Å². The molecule has 1 aromatic heterocycles. The summed E-state index contributed by atoms with van der Waals surface area (Å²) < 4.78 is 74.5. The lowest BCUT2D eigenvalue weighted by Gasteiger charge is -2.19. The Morgan fingerprint density at radius 1 is 1.21 bits per heavy atom. The Kier molecular flexibility index (Phi) is 6.51. The quantitative estimate of drug-likeness (QED) is 0.717. The predicted molar refractivity (Wildman–Crippen MR) is 95.2 cm³/mol. The molecular weight excluding hydrogens is 417 g/mol. The lowest BCUT2D eigenvalue weighted by molar-refractivity contribution is -0.189. The number of hydrogen-bond acceptors (Lipinski definition) is 7. The Labute approximate surface area is 164 Å². The Balaban J connectivity index is 2.21. The zero-order chi connectivity index (χ0) is 21.8. The third kappa shape index (κ3) is 5.94. The molecule has 2 N–H and O–H groups in total. The van der Waals surface area contributed by atoms with Crippen LogP contribution in [0.1, 0.15) is 12.6 Å². The van der Waals surface area contributed by atoms with Crippen LogP contribution < -0.4 is 19.5 Å². The highest BCUT2D eigenvalue weighted by Gasteiger charge is 2.39. The van der Waals surface area contributed by atoms with E-state index in [0.29, 0.717) is 5.69 Å². The fraction of sp³-hybridized carbons (Fsp3) is 0.312. The molecule has 2 amide bonds. The minimum Gasteiger partial charge on any atom is -0.481 e. The fourth-order valence-corrected chi connectivity index (χ4v) is 3.07. The van der Waals surface area contributed by atoms with Gasteiger partial charge in [0.2, 0.25) is 11.8 Å². The molecule has 0 fully saturated rings. The fourth-order valence-electron chi connectivity index (χ4n) is 2.03. The minimum atomic E-state index is -4.71. The molecule has 0 saturated heterocycles. The molecule has 1 atom stereocenters. The van der Waals surface area contributed by atoms with Crippen LogP contribution in [0.2, 0.25) is 0 Å². The summed E-state index contributed by atoms with van der Waals surface area (Å²) in [5.74, 6) is -0.661. The van der Waals surface area contributed by atoms with Crippen LogP contribution in [0.5, 0.6) is 11.6 Å². The molecule has 13 heteroatoms. The van der Waals surface area contributed by atoms with Gasteiger partial charge in [0.15, 0.2) is 6.10 Å². The number of hydrogen-bond donors (Lipinski definition) is 2. The molecule has 1 heterocycles. The van der Waals surface area contributed by atoms with Gasteiger partial charge in [0.05, 0.1) is 7.11 Å². The molecule has 2 rings (SSSR count). The average Bonchev–Trinajstić information content (AvgIpc) is 2.60. The predicted octanol–water partition coefficient (Wildman–Crippen LogP) is 2.63. The number of aryl methyl sites for hydroxylation is 1. The highest BCUT2D eigenvalue weighted by atomic mass is 32.2. The first-order valence-corrected chi connectivity index (χ1v) is 9.46. The van der Waals surface area contributed by atoms with Crippen LogP contribution in [0.25, 0.3) is 0 Å². The van der Waals surface area contributed by atoms with Crippen molar-refractivity contribution in [3.8, 4) is 11.6 Å². The molecule has 9 nitrogen and oxygen atoms in total. The highest BCUT2D eigenvalue weighted by Crippen LogP contribution is 2.29. The lowest BCUT2D eigenvalue weighted by atomic mass is 10.3. The van der Waals surface area contributed by atoms with Gasteiger partial charge < -0.3 is 9.47 Å². The van der Waals surface area contributed by atoms with Gasteiger partial charge in [-0.25, -0.2) is 22.9 Å². The summed E-state index contributed by atoms with van der Waals surface area (Å²) >= 11 is 0. The Morgan fingerprint density at radius 2 is 1.86 bits per heavy atom. The van der Waals surface area contributed by atoms with E-state index in [4.69, 9.17) is 9.47 Å². The number of methoxy groups -OCH3 is 1. The summed E-state index contributed by atoms with van der Waals surface area (Å²) in [7, 11) is -3.23. The number of nitrogens with one attached hydrogen (secondary N) is 2. The van der Waals surface area contributed by atoms with E-state index < -0.39 is 39.0 Å². The van der Waals surface area contributed by atoms with Crippen molar-refractivity contribution >= 4 is 22.0 Å². The monoisotopic (exact) mass is 434 g/mol. The first kappa shape index (κ1) is 22.2. The topological polar surface area (TPSA) is 120 Å². The number of ether oxygens (including phenoxy) is 2. The van der Waals surface area contributed by atoms with Crippen LogP contribution in [0.15, 0.2) is 35.2 Å². The summed E-state index contributed by atoms with van der Waals surface area (Å²) in [4.78, 5) is 19.1. The van der Waals surface area contributed by atoms with E-state index in [0.717, 1.165) is 19.1 Å². The normalized spacial score (nSPS) is 12.8. The van der Waals surface area contributed by atoms with Gasteiger partial charge in [-0.05, 0) is 26.0 Å². The number of aromatic nitrogens is 2. The van der Waals surface area contributed by atoms with Gasteiger partial charge in [0.1, 0.15) is 10.6 Å². The number of amides is 2. The lowest BCUT2D eigenvalue weighted by Crippen LogP contribution is -2.36. The van der Waals surface area contributed by atoms with Crippen molar-refractivity contribution in [1.29, 1.82) is 0 Å². The van der Waals surface area contributed by atoms with Crippen LogP contribution >= 0.6 is 0 Å². The molecule has 1 aromatic carbocycles. The SMILES string of the molecule is COc1cc(C)nc(NC(=O)NS(=O)(=O)c2ccccc2OC(C)C(F)(F)F)n1. The largest absolute Gasteiger partial charge is 0.481 e. The number of carbonyl (C=O) groups is 1. The Hall–Kier alpha value is -3.09. The van der Waals surface area contributed by atoms with Crippen molar-refractivity contribution in [2.75, 3.05) is 12.4 Å². The average molecular weight is 434 g/mol. The molecular formula is C16H17F3N4O5S. The summed E-state index contributed by atoms with van der Waals surface area (Å²) in [5.41, 5.74) is 0.440. The van der Waals surface area contributed by atoms with E-state index in [9.17, 15) is 26.4 Å². The number of carbonyl (C=O) groups excluding carboxylic acids is 1. The molecule has 0 aliphatic heterocycles. The van der Waals surface area contributed by atoms with E-state index >= 15 is 0 Å². The van der Waals surface area contributed by atoms with E-state index in [-0.39, 0.29) is 11.8 Å². The highest BCUT2D eigenvalue weighted by molar-refractivity contribution is 7.90. The first-order chi connectivity index (χ1) is 13.4. The van der Waals surface area contributed by atoms with E-state index in [1.54, 1.807) is 11.6 Å². The maximum Gasteiger partial charge on any atom is 0.425 e. The van der Waals surface area contributed by atoms with Crippen LogP contribution in [-0.2, 0) is 10.0 Å². The van der Waals surface area contributed by atoms with Gasteiger partial charge in [-0.15, -0.1) is 0 Å². The maximum absolute atomic E-state index is 12.7. The minimum absolute atomic E-state index is 0.135. The molecule has 0 aliphatic carbocycles. The third-order valence-electron chi connectivity index (χ3n) is 3.40. The van der Waals surface area contributed by atoms with Gasteiger partial charge in [-0.2, -0.15) is 18.2 Å². The number of para-hydroxylation sites is 1. The number of urea groups is 1. The molecule has 2 aromatic rings. The third-order valence-corrected chi connectivity index (χ3v) is 4.77. The maximum atomic E-state index is 12.7. The number of rotatable bonds is 6. The second-order valence-electron chi connectivity index (χ2n) is 5.68. The van der Waals surface area contributed by atoms with Gasteiger partial charge >= 0.3 is 12.2 Å². The van der Waals surface area contributed by atoms with E-state index in [1.807, 2.05) is 0 Å². The van der Waals surface area contributed by atoms with Gasteiger partial charge in [0, 0.05) is 11.8 Å². The molecule has 158 valence electrons. The molecule has 0 saturated carbocycles. The van der Waals surface area contributed by atoms with Crippen LogP contribution in [-0.4, -0.2) is 43.8 Å². The summed E-state index contributed by atoms with van der Waals surface area (Å²) in [6, 6.07) is 4.87. The summed E-state index contributed by atoms with van der Waals surface area (Å²) in [5, 5.41) is 2.12. The molecule has 0 radical (unpaired) electrons. The van der Waals surface area contributed by atoms with Crippen LogP contribution in [0, 0.1) is 6.92 Å². The summed E-state index contributed by atoms with van der Waals surface area (Å²) in [6.07, 6.45) is -6.97. The van der Waals surface area contributed by atoms with E-state index in [2.05, 4.69) is 15.3 Å². The zero-order valence-corrected chi connectivity index (χ0v) is 16.3. The standard InChI is InChI=1S/C16H17F3N4O5S/c1-9-8-13(27-3)21-14(20-9)22-15(24)23-29(25,26)12-7-5-4-6-11(12)28-10(2)16(17,18)19/h4-8,10H,1-3H3,(H2,20,21,22,23,24). The number of benzene rings is 1. The van der Waals surface area contributed by atoms with Gasteiger partial charge in [-0.1, -0.05) is 12.1 Å². The summed E-state index contributed by atoms with van der Waals surface area (Å²) in [6.45, 7) is 2.32. The second-order valence-corrected chi connectivity index (χ2v) is 7.33. The molecule has 29 heavy (non-hydrogen) atoms. The van der Waals surface area contributed by atoms with E-state index in [1.165, 1.54) is 25.3 Å². The van der Waals surface area contributed by atoms with Crippen molar-refractivity contribution in [3.05, 3.63) is 36.0 Å². The Morgan fingerprint density at radius 3 is 2.48 bits per heavy atom. The number of alkyl halides is 3. The molecule has 0 bridgehead atoms. The molecule has 0 spiro atoms. The number of sulfonamides is 1. The van der Waals surface area contributed by atoms with Crippen LogP contribution in [0.4, 0.5) is 23.9 Å².